The van der Waals surface area contributed by atoms with E-state index in [1.807, 2.05) is 0 Å². The van der Waals surface area contributed by atoms with Crippen molar-refractivity contribution in [3.63, 3.8) is 0 Å². The molecule has 1 aromatic carbocycles. The molecule has 0 saturated carbocycles. The molecule has 0 spiro atoms. The van der Waals surface area contributed by atoms with E-state index in [9.17, 15) is 9.18 Å². The van der Waals surface area contributed by atoms with E-state index >= 15 is 0 Å². The third kappa shape index (κ3) is 4.89. The number of halogens is 1. The zero-order valence-electron chi connectivity index (χ0n) is 14.9. The predicted octanol–water partition coefficient (Wildman–Crippen LogP) is 2.60. The summed E-state index contributed by atoms with van der Waals surface area (Å²) < 4.78 is 24.3. The molecule has 7 heteroatoms. The first-order valence-electron chi connectivity index (χ1n) is 8.92. The van der Waals surface area contributed by atoms with E-state index < -0.39 is 0 Å². The van der Waals surface area contributed by atoms with Crippen molar-refractivity contribution in [2.75, 3.05) is 26.3 Å². The molecule has 1 aliphatic rings. The number of rotatable bonds is 7. The smallest absolute Gasteiger partial charge is 0.220 e. The van der Waals surface area contributed by atoms with Crippen LogP contribution in [0.25, 0.3) is 11.3 Å². The zero-order chi connectivity index (χ0) is 18.4. The van der Waals surface area contributed by atoms with Gasteiger partial charge in [0.05, 0.1) is 19.8 Å². The molecule has 0 aliphatic carbocycles. The molecule has 1 atom stereocenters. The van der Waals surface area contributed by atoms with Crippen LogP contribution in [0.3, 0.4) is 0 Å². The lowest BCUT2D eigenvalue weighted by Gasteiger charge is -2.32. The molecule has 1 fully saturated rings. The Kier molecular flexibility index (Phi) is 6.35. The van der Waals surface area contributed by atoms with Gasteiger partial charge in [0, 0.05) is 37.2 Å². The fraction of sp³-hybridized carbons (Fsp3) is 0.474. The summed E-state index contributed by atoms with van der Waals surface area (Å²) >= 11 is 0. The van der Waals surface area contributed by atoms with E-state index in [0.717, 1.165) is 32.7 Å². The van der Waals surface area contributed by atoms with Gasteiger partial charge in [0.15, 0.2) is 5.76 Å². The molecule has 1 aliphatic heterocycles. The molecule has 0 bridgehead atoms. The number of nitrogens with one attached hydrogen (secondary N) is 1. The van der Waals surface area contributed by atoms with Crippen LogP contribution in [0.15, 0.2) is 34.9 Å². The number of hydrogen-bond donors (Lipinski definition) is 1. The second-order valence-electron chi connectivity index (χ2n) is 6.47. The number of ether oxygens (including phenoxy) is 1. The van der Waals surface area contributed by atoms with Crippen LogP contribution in [-0.2, 0) is 16.1 Å². The standard InChI is InChI=1S/C19H24FN3O3/c1-14(23-8-10-25-11-9-23)6-7-19(24)21-13-15-12-18(22-26-15)16-4-2-3-5-17(16)20/h2-5,12,14H,6-11,13H2,1H3,(H,21,24)/t14-/m1/s1. The predicted molar refractivity (Wildman–Crippen MR) is 94.8 cm³/mol. The number of carbonyl (C=O) groups excluding carboxylic acids is 1. The topological polar surface area (TPSA) is 67.6 Å². The van der Waals surface area contributed by atoms with E-state index in [0.29, 0.717) is 29.5 Å². The lowest BCUT2D eigenvalue weighted by atomic mass is 10.1. The molecule has 6 nitrogen and oxygen atoms in total. The first-order chi connectivity index (χ1) is 12.6. The maximum Gasteiger partial charge on any atom is 0.220 e. The number of morpholine rings is 1. The minimum absolute atomic E-state index is 0.0334. The molecule has 1 N–H and O–H groups in total. The summed E-state index contributed by atoms with van der Waals surface area (Å²) in [5.74, 6) is 0.111. The molecular weight excluding hydrogens is 337 g/mol. The molecule has 1 saturated heterocycles. The number of amides is 1. The Bertz CT molecular complexity index is 728. The SMILES string of the molecule is C[C@H](CCC(=O)NCc1cc(-c2ccccc2F)no1)N1CCOCC1. The van der Waals surface area contributed by atoms with Crippen molar-refractivity contribution in [2.45, 2.75) is 32.4 Å². The molecule has 1 aromatic heterocycles. The number of nitrogens with zero attached hydrogens (tertiary/aromatic N) is 2. The Morgan fingerprint density at radius 1 is 1.35 bits per heavy atom. The Morgan fingerprint density at radius 3 is 2.88 bits per heavy atom. The van der Waals surface area contributed by atoms with Crippen molar-refractivity contribution in [3.05, 3.63) is 41.9 Å². The van der Waals surface area contributed by atoms with Crippen molar-refractivity contribution in [1.82, 2.24) is 15.4 Å². The first kappa shape index (κ1) is 18.5. The minimum Gasteiger partial charge on any atom is -0.379 e. The molecule has 1 amide bonds. The van der Waals surface area contributed by atoms with Crippen LogP contribution in [0, 0.1) is 5.82 Å². The molecule has 140 valence electrons. The average molecular weight is 361 g/mol. The second kappa shape index (κ2) is 8.91. The Labute approximate surface area is 152 Å². The van der Waals surface area contributed by atoms with Gasteiger partial charge in [0.25, 0.3) is 0 Å². The summed E-state index contributed by atoms with van der Waals surface area (Å²) in [6, 6.07) is 8.38. The highest BCUT2D eigenvalue weighted by Gasteiger charge is 2.18. The lowest BCUT2D eigenvalue weighted by molar-refractivity contribution is -0.121. The Hall–Kier alpha value is -2.25. The fourth-order valence-electron chi connectivity index (χ4n) is 3.01. The highest BCUT2D eigenvalue weighted by atomic mass is 19.1. The van der Waals surface area contributed by atoms with E-state index in [1.54, 1.807) is 24.3 Å². The van der Waals surface area contributed by atoms with E-state index in [1.165, 1.54) is 6.07 Å². The monoisotopic (exact) mass is 361 g/mol. The maximum atomic E-state index is 13.8. The van der Waals surface area contributed by atoms with Crippen molar-refractivity contribution in [2.24, 2.45) is 0 Å². The number of hydrogen-bond acceptors (Lipinski definition) is 5. The molecule has 2 heterocycles. The molecule has 3 rings (SSSR count). The van der Waals surface area contributed by atoms with Crippen molar-refractivity contribution < 1.29 is 18.4 Å². The largest absolute Gasteiger partial charge is 0.379 e. The Morgan fingerprint density at radius 2 is 2.12 bits per heavy atom. The summed E-state index contributed by atoms with van der Waals surface area (Å²) in [5, 5.41) is 6.70. The minimum atomic E-state index is -0.353. The van der Waals surface area contributed by atoms with E-state index in [-0.39, 0.29) is 18.3 Å². The van der Waals surface area contributed by atoms with Crippen LogP contribution in [0.2, 0.25) is 0 Å². The van der Waals surface area contributed by atoms with Crippen molar-refractivity contribution in [3.8, 4) is 11.3 Å². The van der Waals surface area contributed by atoms with Gasteiger partial charge in [-0.05, 0) is 25.5 Å². The van der Waals surface area contributed by atoms with Gasteiger partial charge in [-0.3, -0.25) is 9.69 Å². The van der Waals surface area contributed by atoms with Gasteiger partial charge in [0.1, 0.15) is 11.5 Å². The van der Waals surface area contributed by atoms with Crippen molar-refractivity contribution >= 4 is 5.91 Å². The molecule has 0 unspecified atom stereocenters. The normalized spacial score (nSPS) is 16.4. The first-order valence-corrected chi connectivity index (χ1v) is 8.92. The summed E-state index contributed by atoms with van der Waals surface area (Å²) in [5.41, 5.74) is 0.807. The summed E-state index contributed by atoms with van der Waals surface area (Å²) in [6.07, 6.45) is 1.25. The van der Waals surface area contributed by atoms with Gasteiger partial charge in [-0.1, -0.05) is 17.3 Å². The zero-order valence-corrected chi connectivity index (χ0v) is 14.9. The van der Waals surface area contributed by atoms with Gasteiger partial charge in [-0.25, -0.2) is 4.39 Å². The average Bonchev–Trinajstić information content (AvgIpc) is 3.14. The van der Waals surface area contributed by atoms with Crippen LogP contribution < -0.4 is 5.32 Å². The van der Waals surface area contributed by atoms with E-state index in [2.05, 4.69) is 22.3 Å². The highest BCUT2D eigenvalue weighted by Crippen LogP contribution is 2.22. The highest BCUT2D eigenvalue weighted by molar-refractivity contribution is 5.75. The van der Waals surface area contributed by atoms with Crippen LogP contribution in [0.1, 0.15) is 25.5 Å². The summed E-state index contributed by atoms with van der Waals surface area (Å²) in [6.45, 7) is 5.72. The van der Waals surface area contributed by atoms with Gasteiger partial charge in [0.2, 0.25) is 5.91 Å². The summed E-state index contributed by atoms with van der Waals surface area (Å²) in [4.78, 5) is 14.4. The van der Waals surface area contributed by atoms with Crippen LogP contribution in [0.4, 0.5) is 4.39 Å². The number of aromatic nitrogens is 1. The Balaban J connectivity index is 1.44. The number of carbonyl (C=O) groups is 1. The molecular formula is C19H24FN3O3. The molecule has 26 heavy (non-hydrogen) atoms. The summed E-state index contributed by atoms with van der Waals surface area (Å²) in [7, 11) is 0. The quantitative estimate of drug-likeness (QED) is 0.821. The van der Waals surface area contributed by atoms with Crippen molar-refractivity contribution in [1.29, 1.82) is 0 Å². The second-order valence-corrected chi connectivity index (χ2v) is 6.47. The third-order valence-corrected chi connectivity index (χ3v) is 4.63. The maximum absolute atomic E-state index is 13.8. The van der Waals surface area contributed by atoms with Crippen LogP contribution in [0.5, 0.6) is 0 Å². The van der Waals surface area contributed by atoms with Gasteiger partial charge >= 0.3 is 0 Å². The van der Waals surface area contributed by atoms with E-state index in [4.69, 9.17) is 9.26 Å². The fourth-order valence-corrected chi connectivity index (χ4v) is 3.01. The third-order valence-electron chi connectivity index (χ3n) is 4.63. The molecule has 0 radical (unpaired) electrons. The molecule has 2 aromatic rings. The number of benzene rings is 1. The van der Waals surface area contributed by atoms with Gasteiger partial charge < -0.3 is 14.6 Å². The van der Waals surface area contributed by atoms with Gasteiger partial charge in [-0.2, -0.15) is 0 Å². The van der Waals surface area contributed by atoms with Gasteiger partial charge in [-0.15, -0.1) is 0 Å². The van der Waals surface area contributed by atoms with Crippen LogP contribution >= 0.6 is 0 Å². The lowest BCUT2D eigenvalue weighted by Crippen LogP contribution is -2.42. The van der Waals surface area contributed by atoms with Crippen LogP contribution in [-0.4, -0.2) is 48.3 Å².